The highest BCUT2D eigenvalue weighted by Crippen LogP contribution is 2.50. The summed E-state index contributed by atoms with van der Waals surface area (Å²) in [6.07, 6.45) is -2.25. The number of nitrogens with one attached hydrogen (secondary N) is 2. The van der Waals surface area contributed by atoms with Gasteiger partial charge >= 0.3 is 6.18 Å². The second-order valence-corrected chi connectivity index (χ2v) is 10.4. The number of carbonyl (C=O) groups is 2. The highest BCUT2D eigenvalue weighted by molar-refractivity contribution is 9.10. The van der Waals surface area contributed by atoms with Gasteiger partial charge in [-0.2, -0.15) is 13.2 Å². The van der Waals surface area contributed by atoms with Crippen molar-refractivity contribution in [2.45, 2.75) is 55.8 Å². The summed E-state index contributed by atoms with van der Waals surface area (Å²) in [5, 5.41) is 6.05. The van der Waals surface area contributed by atoms with Crippen molar-refractivity contribution in [1.82, 2.24) is 15.5 Å². The Bertz CT molecular complexity index is 1110. The van der Waals surface area contributed by atoms with Gasteiger partial charge in [0.15, 0.2) is 0 Å². The van der Waals surface area contributed by atoms with Gasteiger partial charge in [0, 0.05) is 35.6 Å². The average Bonchev–Trinajstić information content (AvgIpc) is 3.66. The zero-order valence-electron chi connectivity index (χ0n) is 19.8. The molecule has 4 rings (SSSR count). The van der Waals surface area contributed by atoms with Gasteiger partial charge in [-0.05, 0) is 62.6 Å². The Morgan fingerprint density at radius 1 is 1.11 bits per heavy atom. The van der Waals surface area contributed by atoms with E-state index in [1.165, 1.54) is 0 Å². The molecule has 5 nitrogen and oxygen atoms in total. The lowest BCUT2D eigenvalue weighted by Crippen LogP contribution is -2.54. The molecular formula is C26H28BrF4N3O2. The standard InChI is InChI=1S/C26H28BrF4N3O2/c1-32-19-8-12-34(13-9-19)23(35)22(14-16-2-5-18(27)6-3-16)33-24(36)25(10-11-25)20-7-4-17(15-21(20)28)26(29,30)31/h2-7,15,19,22,32H,8-14H2,1H3,(H,33,36)/t22-/m0/s1. The third kappa shape index (κ3) is 5.75. The lowest BCUT2D eigenvalue weighted by atomic mass is 9.92. The van der Waals surface area contributed by atoms with Crippen molar-refractivity contribution >= 4 is 27.7 Å². The Morgan fingerprint density at radius 3 is 2.28 bits per heavy atom. The van der Waals surface area contributed by atoms with E-state index in [4.69, 9.17) is 0 Å². The lowest BCUT2D eigenvalue weighted by molar-refractivity contribution is -0.138. The molecule has 0 spiro atoms. The summed E-state index contributed by atoms with van der Waals surface area (Å²) < 4.78 is 54.6. The van der Waals surface area contributed by atoms with E-state index in [1.54, 1.807) is 4.90 Å². The quantitative estimate of drug-likeness (QED) is 0.480. The highest BCUT2D eigenvalue weighted by atomic mass is 79.9. The summed E-state index contributed by atoms with van der Waals surface area (Å²) >= 11 is 3.38. The molecule has 0 radical (unpaired) electrons. The van der Waals surface area contributed by atoms with Crippen LogP contribution in [0.25, 0.3) is 0 Å². The summed E-state index contributed by atoms with van der Waals surface area (Å²) in [5.74, 6) is -1.83. The maximum atomic E-state index is 14.8. The molecule has 1 saturated heterocycles. The predicted molar refractivity (Wildman–Crippen MR) is 131 cm³/mol. The van der Waals surface area contributed by atoms with Gasteiger partial charge in [-0.1, -0.05) is 34.1 Å². The van der Waals surface area contributed by atoms with Gasteiger partial charge < -0.3 is 15.5 Å². The first kappa shape index (κ1) is 26.6. The molecule has 2 aromatic rings. The third-order valence-electron chi connectivity index (χ3n) is 7.17. The van der Waals surface area contributed by atoms with Gasteiger partial charge in [0.1, 0.15) is 11.9 Å². The Kier molecular flexibility index (Phi) is 7.75. The molecule has 2 N–H and O–H groups in total. The Balaban J connectivity index is 1.55. The van der Waals surface area contributed by atoms with Crippen molar-refractivity contribution in [3.05, 3.63) is 69.4 Å². The van der Waals surface area contributed by atoms with Crippen LogP contribution in [0.15, 0.2) is 46.9 Å². The molecule has 1 aliphatic carbocycles. The summed E-state index contributed by atoms with van der Waals surface area (Å²) in [6, 6.07) is 9.11. The van der Waals surface area contributed by atoms with Crippen molar-refractivity contribution in [1.29, 1.82) is 0 Å². The minimum Gasteiger partial charge on any atom is -0.343 e. The van der Waals surface area contributed by atoms with Crippen LogP contribution in [0.5, 0.6) is 0 Å². The van der Waals surface area contributed by atoms with Crippen molar-refractivity contribution in [2.75, 3.05) is 20.1 Å². The molecule has 194 valence electrons. The second kappa shape index (κ2) is 10.5. The van der Waals surface area contributed by atoms with Crippen LogP contribution in [0.1, 0.15) is 42.4 Å². The Labute approximate surface area is 215 Å². The van der Waals surface area contributed by atoms with Gasteiger partial charge in [-0.25, -0.2) is 4.39 Å². The molecule has 1 aliphatic heterocycles. The summed E-state index contributed by atoms with van der Waals surface area (Å²) in [7, 11) is 1.88. The van der Waals surface area contributed by atoms with E-state index >= 15 is 0 Å². The molecule has 36 heavy (non-hydrogen) atoms. The molecule has 0 unspecified atom stereocenters. The van der Waals surface area contributed by atoms with E-state index in [2.05, 4.69) is 26.6 Å². The van der Waals surface area contributed by atoms with Crippen LogP contribution >= 0.6 is 15.9 Å². The number of carbonyl (C=O) groups excluding carboxylic acids is 2. The highest BCUT2D eigenvalue weighted by Gasteiger charge is 2.54. The fourth-order valence-electron chi connectivity index (χ4n) is 4.78. The molecule has 2 amide bonds. The van der Waals surface area contributed by atoms with Crippen LogP contribution < -0.4 is 10.6 Å². The minimum absolute atomic E-state index is 0.0716. The van der Waals surface area contributed by atoms with Gasteiger partial charge in [-0.3, -0.25) is 9.59 Å². The Morgan fingerprint density at radius 2 is 1.75 bits per heavy atom. The van der Waals surface area contributed by atoms with E-state index < -0.39 is 34.9 Å². The molecule has 1 heterocycles. The smallest absolute Gasteiger partial charge is 0.343 e. The molecule has 2 aliphatic rings. The predicted octanol–water partition coefficient (Wildman–Crippen LogP) is 4.58. The Hall–Kier alpha value is -2.46. The number of rotatable bonds is 7. The van der Waals surface area contributed by atoms with E-state index in [0.717, 1.165) is 35.0 Å². The number of hydrogen-bond donors (Lipinski definition) is 2. The normalized spacial score (nSPS) is 18.6. The number of likely N-dealkylation sites (tertiary alicyclic amines) is 1. The maximum Gasteiger partial charge on any atom is 0.416 e. The zero-order chi connectivity index (χ0) is 26.1. The maximum absolute atomic E-state index is 14.8. The van der Waals surface area contributed by atoms with E-state index in [1.807, 2.05) is 31.3 Å². The van der Waals surface area contributed by atoms with Gasteiger partial charge in [0.2, 0.25) is 11.8 Å². The molecule has 2 fully saturated rings. The van der Waals surface area contributed by atoms with Gasteiger partial charge in [0.05, 0.1) is 11.0 Å². The first-order valence-electron chi connectivity index (χ1n) is 11.9. The average molecular weight is 570 g/mol. The summed E-state index contributed by atoms with van der Waals surface area (Å²) in [5.41, 5.74) is -1.61. The molecule has 0 aromatic heterocycles. The monoisotopic (exact) mass is 569 g/mol. The first-order chi connectivity index (χ1) is 17.0. The topological polar surface area (TPSA) is 61.4 Å². The zero-order valence-corrected chi connectivity index (χ0v) is 21.4. The molecule has 2 aromatic carbocycles. The first-order valence-corrected chi connectivity index (χ1v) is 12.7. The largest absolute Gasteiger partial charge is 0.416 e. The minimum atomic E-state index is -4.68. The summed E-state index contributed by atoms with van der Waals surface area (Å²) in [4.78, 5) is 28.6. The molecule has 0 bridgehead atoms. The fraction of sp³-hybridized carbons (Fsp3) is 0.462. The van der Waals surface area contributed by atoms with Crippen LogP contribution in [-0.2, 0) is 27.6 Å². The number of piperidine rings is 1. The number of amides is 2. The van der Waals surface area contributed by atoms with Crippen LogP contribution in [0, 0.1) is 5.82 Å². The van der Waals surface area contributed by atoms with Crippen molar-refractivity contribution in [3.8, 4) is 0 Å². The van der Waals surface area contributed by atoms with Crippen LogP contribution in [-0.4, -0.2) is 48.9 Å². The van der Waals surface area contributed by atoms with Crippen LogP contribution in [0.2, 0.25) is 0 Å². The molecule has 10 heteroatoms. The third-order valence-corrected chi connectivity index (χ3v) is 7.70. The van der Waals surface area contributed by atoms with Crippen molar-refractivity contribution in [2.24, 2.45) is 0 Å². The number of halogens is 5. The van der Waals surface area contributed by atoms with E-state index in [-0.39, 0.29) is 17.9 Å². The van der Waals surface area contributed by atoms with Gasteiger partial charge in [-0.15, -0.1) is 0 Å². The number of hydrogen-bond acceptors (Lipinski definition) is 3. The lowest BCUT2D eigenvalue weighted by Gasteiger charge is -2.34. The number of alkyl halides is 3. The van der Waals surface area contributed by atoms with Crippen LogP contribution in [0.3, 0.4) is 0 Å². The molecule has 1 saturated carbocycles. The SMILES string of the molecule is CNC1CCN(C(=O)[C@H](Cc2ccc(Br)cc2)NC(=O)C2(c3ccc(C(F)(F)F)cc3F)CC2)CC1. The molecule has 1 atom stereocenters. The second-order valence-electron chi connectivity index (χ2n) is 9.52. The van der Waals surface area contributed by atoms with Crippen LogP contribution in [0.4, 0.5) is 17.6 Å². The summed E-state index contributed by atoms with van der Waals surface area (Å²) in [6.45, 7) is 1.10. The molecular weight excluding hydrogens is 542 g/mol. The van der Waals surface area contributed by atoms with E-state index in [0.29, 0.717) is 38.0 Å². The van der Waals surface area contributed by atoms with Gasteiger partial charge in [0.25, 0.3) is 0 Å². The van der Waals surface area contributed by atoms with Crippen molar-refractivity contribution < 1.29 is 27.2 Å². The van der Waals surface area contributed by atoms with E-state index in [9.17, 15) is 27.2 Å². The van der Waals surface area contributed by atoms with Crippen molar-refractivity contribution in [3.63, 3.8) is 0 Å². The number of benzene rings is 2. The number of nitrogens with zero attached hydrogens (tertiary/aromatic N) is 1. The fourth-order valence-corrected chi connectivity index (χ4v) is 5.05.